The number of amides is 1. The average molecular weight is 420 g/mol. The van der Waals surface area contributed by atoms with Crippen LogP contribution in [0.1, 0.15) is 15.4 Å². The standard InChI is InChI=1S/C18H15BrFN3OS/c1-11-16(17(24)22-15-9-8-12(19)10-14(15)20)25-18(21-11)23(2)13-6-4-3-5-7-13/h3-10H,1-2H3,(H,22,24). The zero-order valence-corrected chi connectivity index (χ0v) is 16.0. The Bertz CT molecular complexity index is 914. The second-order valence-corrected chi connectivity index (χ2v) is 7.28. The number of carbonyl (C=O) groups excluding carboxylic acids is 1. The molecule has 3 aromatic rings. The van der Waals surface area contributed by atoms with Gasteiger partial charge in [-0.3, -0.25) is 4.79 Å². The number of carbonyl (C=O) groups is 1. The zero-order valence-electron chi connectivity index (χ0n) is 13.6. The first kappa shape index (κ1) is 17.6. The molecule has 0 bridgehead atoms. The Labute approximate surface area is 157 Å². The number of para-hydroxylation sites is 1. The SMILES string of the molecule is Cc1nc(N(C)c2ccccc2)sc1C(=O)Nc1ccc(Br)cc1F. The molecule has 1 amide bonds. The number of hydrogen-bond acceptors (Lipinski definition) is 4. The summed E-state index contributed by atoms with van der Waals surface area (Å²) in [6.07, 6.45) is 0. The van der Waals surface area contributed by atoms with Crippen LogP contribution in [0.2, 0.25) is 0 Å². The topological polar surface area (TPSA) is 45.2 Å². The molecule has 0 spiro atoms. The number of hydrogen-bond donors (Lipinski definition) is 1. The molecule has 0 aliphatic rings. The van der Waals surface area contributed by atoms with E-state index in [0.717, 1.165) is 5.69 Å². The van der Waals surface area contributed by atoms with Gasteiger partial charge in [0.05, 0.1) is 11.4 Å². The molecule has 3 rings (SSSR count). The number of thiazole rings is 1. The summed E-state index contributed by atoms with van der Waals surface area (Å²) in [6.45, 7) is 1.77. The molecule has 0 saturated heterocycles. The fourth-order valence-corrected chi connectivity index (χ4v) is 3.55. The Balaban J connectivity index is 1.83. The van der Waals surface area contributed by atoms with Gasteiger partial charge in [0.25, 0.3) is 5.91 Å². The lowest BCUT2D eigenvalue weighted by atomic mass is 10.3. The Kier molecular flexibility index (Phi) is 5.15. The van der Waals surface area contributed by atoms with Crippen molar-refractivity contribution < 1.29 is 9.18 Å². The third kappa shape index (κ3) is 3.88. The van der Waals surface area contributed by atoms with Crippen molar-refractivity contribution in [3.63, 3.8) is 0 Å². The lowest BCUT2D eigenvalue weighted by molar-refractivity contribution is 0.102. The summed E-state index contributed by atoms with van der Waals surface area (Å²) in [6, 6.07) is 14.3. The van der Waals surface area contributed by atoms with Crippen LogP contribution in [-0.4, -0.2) is 17.9 Å². The number of benzene rings is 2. The van der Waals surface area contributed by atoms with Crippen LogP contribution in [0.3, 0.4) is 0 Å². The first-order chi connectivity index (χ1) is 12.0. The highest BCUT2D eigenvalue weighted by molar-refractivity contribution is 9.10. The summed E-state index contributed by atoms with van der Waals surface area (Å²) in [4.78, 5) is 19.3. The van der Waals surface area contributed by atoms with E-state index in [1.165, 1.54) is 23.5 Å². The Hall–Kier alpha value is -2.25. The van der Waals surface area contributed by atoms with Crippen molar-refractivity contribution in [2.24, 2.45) is 0 Å². The van der Waals surface area contributed by atoms with Crippen LogP contribution in [0.5, 0.6) is 0 Å². The van der Waals surface area contributed by atoms with Crippen molar-refractivity contribution >= 4 is 49.7 Å². The maximum atomic E-state index is 13.9. The van der Waals surface area contributed by atoms with E-state index >= 15 is 0 Å². The van der Waals surface area contributed by atoms with Crippen LogP contribution < -0.4 is 10.2 Å². The predicted octanol–water partition coefficient (Wildman–Crippen LogP) is 5.37. The predicted molar refractivity (Wildman–Crippen MR) is 103 cm³/mol. The Morgan fingerprint density at radius 2 is 1.96 bits per heavy atom. The molecule has 1 N–H and O–H groups in total. The third-order valence-electron chi connectivity index (χ3n) is 3.60. The second-order valence-electron chi connectivity index (χ2n) is 5.38. The summed E-state index contributed by atoms with van der Waals surface area (Å²) in [5, 5.41) is 3.30. The van der Waals surface area contributed by atoms with Crippen LogP contribution in [-0.2, 0) is 0 Å². The smallest absolute Gasteiger partial charge is 0.267 e. The monoisotopic (exact) mass is 419 g/mol. The highest BCUT2D eigenvalue weighted by Crippen LogP contribution is 2.31. The normalized spacial score (nSPS) is 10.6. The van der Waals surface area contributed by atoms with Gasteiger partial charge in [-0.2, -0.15) is 0 Å². The lowest BCUT2D eigenvalue weighted by Gasteiger charge is -2.15. The van der Waals surface area contributed by atoms with Gasteiger partial charge in [-0.15, -0.1) is 0 Å². The summed E-state index contributed by atoms with van der Waals surface area (Å²) in [5.74, 6) is -0.865. The first-order valence-corrected chi connectivity index (χ1v) is 9.09. The van der Waals surface area contributed by atoms with Crippen LogP contribution in [0.4, 0.5) is 20.9 Å². The highest BCUT2D eigenvalue weighted by atomic mass is 79.9. The summed E-state index contributed by atoms with van der Waals surface area (Å²) < 4.78 is 14.5. The summed E-state index contributed by atoms with van der Waals surface area (Å²) in [5.41, 5.74) is 1.72. The minimum Gasteiger partial charge on any atom is -0.321 e. The molecule has 0 aliphatic carbocycles. The van der Waals surface area contributed by atoms with Crippen molar-refractivity contribution in [3.05, 3.63) is 69.4 Å². The number of anilines is 3. The fourth-order valence-electron chi connectivity index (χ4n) is 2.27. The first-order valence-electron chi connectivity index (χ1n) is 7.48. The van der Waals surface area contributed by atoms with Gasteiger partial charge in [0.15, 0.2) is 5.13 Å². The van der Waals surface area contributed by atoms with E-state index in [1.54, 1.807) is 13.0 Å². The molecule has 4 nitrogen and oxygen atoms in total. The molecule has 0 radical (unpaired) electrons. The molecule has 1 heterocycles. The molecule has 0 unspecified atom stereocenters. The highest BCUT2D eigenvalue weighted by Gasteiger charge is 2.19. The van der Waals surface area contributed by atoms with Crippen molar-refractivity contribution in [2.45, 2.75) is 6.92 Å². The molecule has 0 fully saturated rings. The second kappa shape index (κ2) is 7.33. The average Bonchev–Trinajstić information content (AvgIpc) is 2.99. The number of rotatable bonds is 4. The maximum Gasteiger partial charge on any atom is 0.267 e. The van der Waals surface area contributed by atoms with Crippen molar-refractivity contribution in [2.75, 3.05) is 17.3 Å². The molecule has 1 aromatic heterocycles. The van der Waals surface area contributed by atoms with Crippen LogP contribution in [0.25, 0.3) is 0 Å². The van der Waals surface area contributed by atoms with Crippen molar-refractivity contribution in [1.29, 1.82) is 0 Å². The molecular weight excluding hydrogens is 405 g/mol. The van der Waals surface area contributed by atoms with Crippen molar-refractivity contribution in [3.8, 4) is 0 Å². The largest absolute Gasteiger partial charge is 0.321 e. The van der Waals surface area contributed by atoms with Crippen LogP contribution in [0.15, 0.2) is 53.0 Å². The lowest BCUT2D eigenvalue weighted by Crippen LogP contribution is -2.12. The minimum atomic E-state index is -0.494. The third-order valence-corrected chi connectivity index (χ3v) is 5.33. The molecular formula is C18H15BrFN3OS. The number of halogens is 2. The van der Waals surface area contributed by atoms with E-state index in [1.807, 2.05) is 42.3 Å². The number of aromatic nitrogens is 1. The van der Waals surface area contributed by atoms with Gasteiger partial charge in [0.2, 0.25) is 0 Å². The van der Waals surface area contributed by atoms with Gasteiger partial charge >= 0.3 is 0 Å². The maximum absolute atomic E-state index is 13.9. The van der Waals surface area contributed by atoms with E-state index in [-0.39, 0.29) is 11.6 Å². The molecule has 0 atom stereocenters. The molecule has 128 valence electrons. The molecule has 25 heavy (non-hydrogen) atoms. The minimum absolute atomic E-state index is 0.138. The van der Waals surface area contributed by atoms with Crippen molar-refractivity contribution in [1.82, 2.24) is 4.98 Å². The quantitative estimate of drug-likeness (QED) is 0.617. The van der Waals surface area contributed by atoms with Gasteiger partial charge in [-0.25, -0.2) is 9.37 Å². The Morgan fingerprint density at radius 3 is 2.64 bits per heavy atom. The van der Waals surface area contributed by atoms with Gasteiger partial charge in [0.1, 0.15) is 10.7 Å². The molecule has 0 saturated carbocycles. The fraction of sp³-hybridized carbons (Fsp3) is 0.111. The Morgan fingerprint density at radius 1 is 1.24 bits per heavy atom. The summed E-state index contributed by atoms with van der Waals surface area (Å²) in [7, 11) is 1.89. The van der Waals surface area contributed by atoms with Gasteiger partial charge in [-0.05, 0) is 37.3 Å². The van der Waals surface area contributed by atoms with E-state index in [4.69, 9.17) is 0 Å². The van der Waals surface area contributed by atoms with Crippen LogP contribution in [0, 0.1) is 12.7 Å². The van der Waals surface area contributed by atoms with E-state index in [2.05, 4.69) is 26.2 Å². The zero-order chi connectivity index (χ0) is 18.0. The van der Waals surface area contributed by atoms with E-state index in [9.17, 15) is 9.18 Å². The van der Waals surface area contributed by atoms with Gasteiger partial charge in [0, 0.05) is 17.2 Å². The molecule has 0 aliphatic heterocycles. The number of nitrogens with one attached hydrogen (secondary N) is 1. The van der Waals surface area contributed by atoms with E-state index < -0.39 is 5.82 Å². The van der Waals surface area contributed by atoms with E-state index in [0.29, 0.717) is 20.2 Å². The number of aryl methyl sites for hydroxylation is 1. The summed E-state index contributed by atoms with van der Waals surface area (Å²) >= 11 is 4.46. The van der Waals surface area contributed by atoms with Gasteiger partial charge in [-0.1, -0.05) is 45.5 Å². The molecule has 2 aromatic carbocycles. The van der Waals surface area contributed by atoms with Crippen LogP contribution >= 0.6 is 27.3 Å². The number of nitrogens with zero attached hydrogens (tertiary/aromatic N) is 2. The molecule has 7 heteroatoms. The van der Waals surface area contributed by atoms with Gasteiger partial charge < -0.3 is 10.2 Å².